The first kappa shape index (κ1) is 12.8. The van der Waals surface area contributed by atoms with E-state index in [1.54, 1.807) is 12.1 Å². The number of rotatable bonds is 4. The molecular weight excluding hydrogens is 274 g/mol. The van der Waals surface area contributed by atoms with Gasteiger partial charge in [-0.05, 0) is 17.7 Å². The van der Waals surface area contributed by atoms with Crippen LogP contribution in [0.1, 0.15) is 5.56 Å². The molecule has 2 rings (SSSR count). The lowest BCUT2D eigenvalue weighted by Gasteiger charge is -2.06. The molecule has 0 aliphatic carbocycles. The molecule has 0 amide bonds. The summed E-state index contributed by atoms with van der Waals surface area (Å²) in [5.41, 5.74) is 0.857. The molecule has 0 saturated carbocycles. The van der Waals surface area contributed by atoms with E-state index in [4.69, 9.17) is 11.6 Å². The van der Waals surface area contributed by atoms with Crippen molar-refractivity contribution in [3.05, 3.63) is 48.4 Å². The average molecular weight is 284 g/mol. The van der Waals surface area contributed by atoms with E-state index in [1.807, 2.05) is 0 Å². The maximum atomic E-state index is 12.0. The lowest BCUT2D eigenvalue weighted by Crippen LogP contribution is -2.13. The Morgan fingerprint density at radius 2 is 1.89 bits per heavy atom. The van der Waals surface area contributed by atoms with Crippen LogP contribution >= 0.6 is 11.6 Å². The van der Waals surface area contributed by atoms with Crippen molar-refractivity contribution in [1.29, 1.82) is 0 Å². The molecule has 1 heterocycles. The zero-order valence-electron chi connectivity index (χ0n) is 9.25. The minimum absolute atomic E-state index is 0.155. The van der Waals surface area contributed by atoms with E-state index in [1.165, 1.54) is 30.7 Å². The fraction of sp³-hybridized carbons (Fsp3) is 0.0909. The molecule has 7 heteroatoms. The molecule has 1 aromatic heterocycles. The molecule has 0 bridgehead atoms. The van der Waals surface area contributed by atoms with Gasteiger partial charge in [0.2, 0.25) is 0 Å². The molecule has 0 aliphatic rings. The lowest BCUT2D eigenvalue weighted by atomic mass is 10.2. The number of nitrogens with zero attached hydrogens (tertiary/aromatic N) is 2. The number of benzene rings is 1. The first-order valence-corrected chi connectivity index (χ1v) is 7.07. The van der Waals surface area contributed by atoms with E-state index in [0.29, 0.717) is 5.88 Å². The van der Waals surface area contributed by atoms with Gasteiger partial charge in [0, 0.05) is 18.3 Å². The van der Waals surface area contributed by atoms with Gasteiger partial charge in [-0.15, -0.1) is 11.6 Å². The number of sulfonamides is 1. The Morgan fingerprint density at radius 1 is 1.17 bits per heavy atom. The normalized spacial score (nSPS) is 11.2. The summed E-state index contributed by atoms with van der Waals surface area (Å²) >= 11 is 5.64. The second kappa shape index (κ2) is 5.32. The smallest absolute Gasteiger partial charge is 0.262 e. The van der Waals surface area contributed by atoms with Gasteiger partial charge in [0.05, 0.1) is 11.1 Å². The van der Waals surface area contributed by atoms with Crippen LogP contribution in [0.25, 0.3) is 0 Å². The SMILES string of the molecule is O=S(=O)(Nc1cnccn1)c1ccc(CCl)cc1. The van der Waals surface area contributed by atoms with Gasteiger partial charge >= 0.3 is 0 Å². The second-order valence-electron chi connectivity index (χ2n) is 3.47. The molecule has 0 fully saturated rings. The Kier molecular flexibility index (Phi) is 3.78. The fourth-order valence-corrected chi connectivity index (χ4v) is 2.48. The van der Waals surface area contributed by atoms with E-state index in [2.05, 4.69) is 14.7 Å². The average Bonchev–Trinajstić information content (AvgIpc) is 2.39. The summed E-state index contributed by atoms with van der Waals surface area (Å²) in [6, 6.07) is 6.32. The third-order valence-corrected chi connectivity index (χ3v) is 3.87. The Morgan fingerprint density at radius 3 is 2.44 bits per heavy atom. The molecule has 18 heavy (non-hydrogen) atoms. The number of nitrogens with one attached hydrogen (secondary N) is 1. The van der Waals surface area contributed by atoms with Crippen molar-refractivity contribution in [2.24, 2.45) is 0 Å². The molecule has 0 spiro atoms. The molecule has 0 radical (unpaired) electrons. The van der Waals surface area contributed by atoms with Crippen LogP contribution < -0.4 is 4.72 Å². The van der Waals surface area contributed by atoms with Crippen molar-refractivity contribution in [2.45, 2.75) is 10.8 Å². The van der Waals surface area contributed by atoms with Crippen LogP contribution in [0.15, 0.2) is 47.8 Å². The van der Waals surface area contributed by atoms with E-state index < -0.39 is 10.0 Å². The fourth-order valence-electron chi connectivity index (χ4n) is 1.31. The summed E-state index contributed by atoms with van der Waals surface area (Å²) in [6.45, 7) is 0. The van der Waals surface area contributed by atoms with Gasteiger partial charge in [-0.25, -0.2) is 13.4 Å². The van der Waals surface area contributed by atoms with Gasteiger partial charge in [0.1, 0.15) is 0 Å². The minimum atomic E-state index is -3.63. The standard InChI is InChI=1S/C11H10ClN3O2S/c12-7-9-1-3-10(4-2-9)18(16,17)15-11-8-13-5-6-14-11/h1-6,8H,7H2,(H,14,15). The summed E-state index contributed by atoms with van der Waals surface area (Å²) in [5, 5.41) is 0. The van der Waals surface area contributed by atoms with Gasteiger partial charge in [-0.3, -0.25) is 9.71 Å². The van der Waals surface area contributed by atoms with E-state index in [9.17, 15) is 8.42 Å². The Hall–Kier alpha value is -1.66. The van der Waals surface area contributed by atoms with Crippen molar-refractivity contribution in [3.63, 3.8) is 0 Å². The largest absolute Gasteiger partial charge is 0.263 e. The van der Waals surface area contributed by atoms with Gasteiger partial charge in [0.25, 0.3) is 10.0 Å². The lowest BCUT2D eigenvalue weighted by molar-refractivity contribution is 0.601. The first-order chi connectivity index (χ1) is 8.62. The van der Waals surface area contributed by atoms with Crippen LogP contribution in [0, 0.1) is 0 Å². The summed E-state index contributed by atoms with van der Waals surface area (Å²) < 4.78 is 26.3. The van der Waals surface area contributed by atoms with Crippen LogP contribution in [-0.2, 0) is 15.9 Å². The highest BCUT2D eigenvalue weighted by molar-refractivity contribution is 7.92. The predicted molar refractivity (Wildman–Crippen MR) is 68.8 cm³/mol. The summed E-state index contributed by atoms with van der Waals surface area (Å²) in [5.74, 6) is 0.525. The third-order valence-electron chi connectivity index (χ3n) is 2.19. The quantitative estimate of drug-likeness (QED) is 0.871. The van der Waals surface area contributed by atoms with Crippen LogP contribution in [0.2, 0.25) is 0 Å². The molecule has 2 aromatic rings. The minimum Gasteiger partial charge on any atom is -0.262 e. The maximum absolute atomic E-state index is 12.0. The molecule has 0 saturated heterocycles. The van der Waals surface area contributed by atoms with Crippen LogP contribution in [0.4, 0.5) is 5.82 Å². The van der Waals surface area contributed by atoms with Crippen molar-refractivity contribution in [2.75, 3.05) is 4.72 Å². The monoisotopic (exact) mass is 283 g/mol. The zero-order valence-corrected chi connectivity index (χ0v) is 10.8. The number of hydrogen-bond acceptors (Lipinski definition) is 4. The molecule has 94 valence electrons. The van der Waals surface area contributed by atoms with Gasteiger partial charge in [-0.1, -0.05) is 12.1 Å². The van der Waals surface area contributed by atoms with E-state index >= 15 is 0 Å². The summed E-state index contributed by atoms with van der Waals surface area (Å²) in [4.78, 5) is 7.79. The summed E-state index contributed by atoms with van der Waals surface area (Å²) in [7, 11) is -3.63. The molecule has 0 atom stereocenters. The van der Waals surface area contributed by atoms with Crippen molar-refractivity contribution >= 4 is 27.4 Å². The first-order valence-electron chi connectivity index (χ1n) is 5.05. The third kappa shape index (κ3) is 2.96. The number of hydrogen-bond donors (Lipinski definition) is 1. The Bertz CT molecular complexity index is 614. The highest BCUT2D eigenvalue weighted by Gasteiger charge is 2.14. The number of alkyl halides is 1. The van der Waals surface area contributed by atoms with Crippen molar-refractivity contribution in [3.8, 4) is 0 Å². The van der Waals surface area contributed by atoms with Crippen LogP contribution in [0.5, 0.6) is 0 Å². The second-order valence-corrected chi connectivity index (χ2v) is 5.42. The van der Waals surface area contributed by atoms with E-state index in [0.717, 1.165) is 5.56 Å². The predicted octanol–water partition coefficient (Wildman–Crippen LogP) is 2.02. The zero-order chi connectivity index (χ0) is 13.0. The Labute approximate surface area is 110 Å². The molecule has 0 aliphatic heterocycles. The van der Waals surface area contributed by atoms with Crippen LogP contribution in [0.3, 0.4) is 0 Å². The van der Waals surface area contributed by atoms with E-state index in [-0.39, 0.29) is 10.7 Å². The van der Waals surface area contributed by atoms with Crippen molar-refractivity contribution < 1.29 is 8.42 Å². The number of halogens is 1. The number of anilines is 1. The Balaban J connectivity index is 2.25. The van der Waals surface area contributed by atoms with Gasteiger partial charge < -0.3 is 0 Å². The van der Waals surface area contributed by atoms with Gasteiger partial charge in [-0.2, -0.15) is 0 Å². The van der Waals surface area contributed by atoms with Gasteiger partial charge in [0.15, 0.2) is 5.82 Å². The van der Waals surface area contributed by atoms with Crippen molar-refractivity contribution in [1.82, 2.24) is 9.97 Å². The molecular formula is C11H10ClN3O2S. The summed E-state index contributed by atoms with van der Waals surface area (Å²) in [6.07, 6.45) is 4.21. The highest BCUT2D eigenvalue weighted by atomic mass is 35.5. The highest BCUT2D eigenvalue weighted by Crippen LogP contribution is 2.15. The molecule has 1 aromatic carbocycles. The topological polar surface area (TPSA) is 72.0 Å². The molecule has 1 N–H and O–H groups in total. The number of aromatic nitrogens is 2. The maximum Gasteiger partial charge on any atom is 0.263 e. The van der Waals surface area contributed by atoms with Crippen LogP contribution in [-0.4, -0.2) is 18.4 Å². The molecule has 0 unspecified atom stereocenters. The molecule has 5 nitrogen and oxygen atoms in total.